The molecule has 0 unspecified atom stereocenters. The number of benzene rings is 2. The largest absolute Gasteiger partial charge is 0.454 e. The number of nitrogens with one attached hydrogen (secondary N) is 2. The molecule has 0 saturated heterocycles. The van der Waals surface area contributed by atoms with Gasteiger partial charge in [0.15, 0.2) is 6.61 Å². The van der Waals surface area contributed by atoms with Gasteiger partial charge in [0.25, 0.3) is 11.8 Å². The van der Waals surface area contributed by atoms with Crippen molar-refractivity contribution in [3.05, 3.63) is 60.2 Å². The molecule has 0 aliphatic heterocycles. The zero-order chi connectivity index (χ0) is 21.2. The first kappa shape index (κ1) is 21.6. The van der Waals surface area contributed by atoms with Crippen LogP contribution in [0.5, 0.6) is 0 Å². The Morgan fingerprint density at radius 2 is 1.47 bits per heavy atom. The van der Waals surface area contributed by atoms with E-state index in [1.54, 1.807) is 12.1 Å². The highest BCUT2D eigenvalue weighted by atomic mass is 16.5. The van der Waals surface area contributed by atoms with E-state index in [0.717, 1.165) is 36.8 Å². The number of hydrogen-bond donors (Lipinski definition) is 2. The average Bonchev–Trinajstić information content (AvgIpc) is 3.05. The zero-order valence-electron chi connectivity index (χ0n) is 17.1. The molecule has 30 heavy (non-hydrogen) atoms. The van der Waals surface area contributed by atoms with Crippen LogP contribution in [0.2, 0.25) is 0 Å². The lowest BCUT2D eigenvalue weighted by Gasteiger charge is -2.16. The molecule has 3 rings (SSSR count). The van der Waals surface area contributed by atoms with Crippen molar-refractivity contribution >= 4 is 17.8 Å². The summed E-state index contributed by atoms with van der Waals surface area (Å²) < 4.78 is 4.97. The molecule has 1 saturated carbocycles. The van der Waals surface area contributed by atoms with Crippen molar-refractivity contribution in [2.24, 2.45) is 0 Å². The van der Waals surface area contributed by atoms with E-state index in [0.29, 0.717) is 5.56 Å². The monoisotopic (exact) mass is 408 g/mol. The predicted molar refractivity (Wildman–Crippen MR) is 115 cm³/mol. The van der Waals surface area contributed by atoms with E-state index in [-0.39, 0.29) is 31.0 Å². The Labute approximate surface area is 177 Å². The van der Waals surface area contributed by atoms with Crippen LogP contribution in [-0.4, -0.2) is 37.0 Å². The number of rotatable bonds is 7. The fourth-order valence-electron chi connectivity index (χ4n) is 3.59. The van der Waals surface area contributed by atoms with Crippen molar-refractivity contribution in [3.8, 4) is 11.1 Å². The summed E-state index contributed by atoms with van der Waals surface area (Å²) in [5.74, 6) is -1.30. The van der Waals surface area contributed by atoms with Crippen LogP contribution in [0.1, 0.15) is 48.9 Å². The summed E-state index contributed by atoms with van der Waals surface area (Å²) in [6.45, 7) is -0.604. The molecule has 2 amide bonds. The van der Waals surface area contributed by atoms with Crippen molar-refractivity contribution in [2.45, 2.75) is 44.6 Å². The highest BCUT2D eigenvalue weighted by Crippen LogP contribution is 2.19. The van der Waals surface area contributed by atoms with Crippen molar-refractivity contribution in [1.82, 2.24) is 10.6 Å². The highest BCUT2D eigenvalue weighted by Gasteiger charge is 2.16. The Hall–Kier alpha value is -3.15. The van der Waals surface area contributed by atoms with Gasteiger partial charge in [-0.1, -0.05) is 68.1 Å². The summed E-state index contributed by atoms with van der Waals surface area (Å²) in [6.07, 6.45) is 6.58. The fraction of sp³-hybridized carbons (Fsp3) is 0.375. The van der Waals surface area contributed by atoms with E-state index in [9.17, 15) is 14.4 Å². The maximum Gasteiger partial charge on any atom is 0.325 e. The molecule has 6 nitrogen and oxygen atoms in total. The van der Waals surface area contributed by atoms with Crippen LogP contribution < -0.4 is 10.6 Å². The quantitative estimate of drug-likeness (QED) is 0.543. The number of amides is 2. The molecule has 1 fully saturated rings. The summed E-state index contributed by atoms with van der Waals surface area (Å²) >= 11 is 0. The van der Waals surface area contributed by atoms with Gasteiger partial charge < -0.3 is 15.4 Å². The Balaban J connectivity index is 1.38. The molecule has 2 N–H and O–H groups in total. The van der Waals surface area contributed by atoms with Crippen molar-refractivity contribution in [3.63, 3.8) is 0 Å². The summed E-state index contributed by atoms with van der Waals surface area (Å²) in [7, 11) is 0. The Morgan fingerprint density at radius 1 is 0.833 bits per heavy atom. The van der Waals surface area contributed by atoms with E-state index < -0.39 is 5.97 Å². The third kappa shape index (κ3) is 6.72. The Kier molecular flexibility index (Phi) is 8.01. The zero-order valence-corrected chi connectivity index (χ0v) is 17.1. The van der Waals surface area contributed by atoms with Crippen LogP contribution in [-0.2, 0) is 14.3 Å². The van der Waals surface area contributed by atoms with Gasteiger partial charge in [-0.15, -0.1) is 0 Å². The molecule has 2 aromatic rings. The molecule has 0 spiro atoms. The topological polar surface area (TPSA) is 84.5 Å². The van der Waals surface area contributed by atoms with E-state index in [4.69, 9.17) is 4.74 Å². The molecule has 0 bridgehead atoms. The molecule has 1 aliphatic carbocycles. The van der Waals surface area contributed by atoms with Crippen molar-refractivity contribution in [1.29, 1.82) is 0 Å². The molecule has 0 radical (unpaired) electrons. The van der Waals surface area contributed by atoms with Crippen LogP contribution >= 0.6 is 0 Å². The van der Waals surface area contributed by atoms with Gasteiger partial charge in [-0.3, -0.25) is 14.4 Å². The van der Waals surface area contributed by atoms with E-state index in [1.165, 1.54) is 12.8 Å². The van der Waals surface area contributed by atoms with Gasteiger partial charge >= 0.3 is 5.97 Å². The van der Waals surface area contributed by atoms with E-state index >= 15 is 0 Å². The van der Waals surface area contributed by atoms with Crippen LogP contribution in [0.3, 0.4) is 0 Å². The normalized spacial score (nSPS) is 14.4. The second kappa shape index (κ2) is 11.1. The second-order valence-electron chi connectivity index (χ2n) is 7.54. The summed E-state index contributed by atoms with van der Waals surface area (Å²) in [5, 5.41) is 5.45. The van der Waals surface area contributed by atoms with Gasteiger partial charge in [0.1, 0.15) is 6.54 Å². The smallest absolute Gasteiger partial charge is 0.325 e. The van der Waals surface area contributed by atoms with E-state index in [1.807, 2.05) is 42.5 Å². The summed E-state index contributed by atoms with van der Waals surface area (Å²) in [4.78, 5) is 36.0. The van der Waals surface area contributed by atoms with Gasteiger partial charge in [-0.05, 0) is 36.1 Å². The number of carbonyl (C=O) groups excluding carboxylic acids is 3. The predicted octanol–water partition coefficient (Wildman–Crippen LogP) is 3.47. The Morgan fingerprint density at radius 3 is 2.13 bits per heavy atom. The van der Waals surface area contributed by atoms with Crippen LogP contribution in [0.25, 0.3) is 11.1 Å². The van der Waals surface area contributed by atoms with Crippen molar-refractivity contribution < 1.29 is 19.1 Å². The lowest BCUT2D eigenvalue weighted by molar-refractivity contribution is -0.147. The van der Waals surface area contributed by atoms with Crippen LogP contribution in [0.15, 0.2) is 54.6 Å². The maximum atomic E-state index is 12.2. The first-order valence-electron chi connectivity index (χ1n) is 10.5. The van der Waals surface area contributed by atoms with Gasteiger partial charge in [-0.25, -0.2) is 0 Å². The summed E-state index contributed by atoms with van der Waals surface area (Å²) in [5.41, 5.74) is 2.52. The lowest BCUT2D eigenvalue weighted by atomic mass is 10.0. The maximum absolute atomic E-state index is 12.2. The van der Waals surface area contributed by atoms with Gasteiger partial charge in [-0.2, -0.15) is 0 Å². The molecule has 2 aromatic carbocycles. The van der Waals surface area contributed by atoms with Crippen LogP contribution in [0, 0.1) is 0 Å². The molecule has 158 valence electrons. The fourth-order valence-corrected chi connectivity index (χ4v) is 3.59. The lowest BCUT2D eigenvalue weighted by Crippen LogP contribution is -2.38. The Bertz CT molecular complexity index is 841. The molecule has 6 heteroatoms. The van der Waals surface area contributed by atoms with Gasteiger partial charge in [0.2, 0.25) is 0 Å². The highest BCUT2D eigenvalue weighted by molar-refractivity contribution is 5.96. The first-order valence-corrected chi connectivity index (χ1v) is 10.5. The minimum atomic E-state index is -0.639. The number of hydrogen-bond acceptors (Lipinski definition) is 4. The molecule has 0 atom stereocenters. The SMILES string of the molecule is O=C(COC(=O)CNC(=O)c1ccc(-c2ccccc2)cc1)NC1CCCCCC1. The molecule has 0 heterocycles. The van der Waals surface area contributed by atoms with Gasteiger partial charge in [0, 0.05) is 11.6 Å². The average molecular weight is 408 g/mol. The van der Waals surface area contributed by atoms with Crippen molar-refractivity contribution in [2.75, 3.05) is 13.2 Å². The molecular weight excluding hydrogens is 380 g/mol. The van der Waals surface area contributed by atoms with Crippen LogP contribution in [0.4, 0.5) is 0 Å². The standard InChI is InChI=1S/C24H28N2O4/c27-22(26-21-10-6-1-2-7-11-21)17-30-23(28)16-25-24(29)20-14-12-19(13-15-20)18-8-4-3-5-9-18/h3-5,8-9,12-15,21H,1-2,6-7,10-11,16-17H2,(H,25,29)(H,26,27). The third-order valence-electron chi connectivity index (χ3n) is 5.23. The third-order valence-corrected chi connectivity index (χ3v) is 5.23. The minimum absolute atomic E-state index is 0.164. The first-order chi connectivity index (χ1) is 14.6. The minimum Gasteiger partial charge on any atom is -0.454 e. The van der Waals surface area contributed by atoms with E-state index in [2.05, 4.69) is 10.6 Å². The van der Waals surface area contributed by atoms with Gasteiger partial charge in [0.05, 0.1) is 0 Å². The summed E-state index contributed by atoms with van der Waals surface area (Å²) in [6, 6.07) is 17.2. The molecule has 1 aliphatic rings. The number of carbonyl (C=O) groups is 3. The molecular formula is C24H28N2O4. The molecule has 0 aromatic heterocycles. The number of ether oxygens (including phenoxy) is 1. The second-order valence-corrected chi connectivity index (χ2v) is 7.54. The number of esters is 1.